The first-order valence-corrected chi connectivity index (χ1v) is 11.4. The molecule has 4 rings (SSSR count). The lowest BCUT2D eigenvalue weighted by Gasteiger charge is -2.39. The van der Waals surface area contributed by atoms with E-state index in [1.165, 1.54) is 18.7 Å². The minimum atomic E-state index is -4.87. The average Bonchev–Trinajstić information content (AvgIpc) is 3.00. The van der Waals surface area contributed by atoms with Gasteiger partial charge in [0.25, 0.3) is 5.72 Å². The summed E-state index contributed by atoms with van der Waals surface area (Å²) in [4.78, 5) is 4.23. The van der Waals surface area contributed by atoms with Gasteiger partial charge in [0.2, 0.25) is 0 Å². The number of anilines is 1. The van der Waals surface area contributed by atoms with Crippen molar-refractivity contribution in [1.29, 1.82) is 0 Å². The number of hydrogen-bond donors (Lipinski definition) is 1. The van der Waals surface area contributed by atoms with Crippen LogP contribution in [0.5, 0.6) is 0 Å². The number of pyridine rings is 1. The van der Waals surface area contributed by atoms with Gasteiger partial charge in [-0.3, -0.25) is 4.98 Å². The van der Waals surface area contributed by atoms with E-state index in [2.05, 4.69) is 10.1 Å². The van der Waals surface area contributed by atoms with E-state index in [0.29, 0.717) is 34.5 Å². The monoisotopic (exact) mass is 453 g/mol. The summed E-state index contributed by atoms with van der Waals surface area (Å²) in [6.45, 7) is 0. The Hall–Kier alpha value is -1.86. The SMILES string of the molecule is OC1(C(F)(F)F)C2CCCCCCCCCCC2=NN1c1ccnc2cc(Cl)ccc12. The first-order valence-electron chi connectivity index (χ1n) is 11.0. The van der Waals surface area contributed by atoms with E-state index < -0.39 is 17.8 Å². The highest BCUT2D eigenvalue weighted by Crippen LogP contribution is 2.49. The van der Waals surface area contributed by atoms with Gasteiger partial charge in [-0.25, -0.2) is 5.01 Å². The number of fused-ring (bicyclic) bond motifs is 2. The lowest BCUT2D eigenvalue weighted by atomic mass is 9.83. The van der Waals surface area contributed by atoms with E-state index in [-0.39, 0.29) is 12.1 Å². The molecule has 0 amide bonds. The number of hydrazone groups is 1. The summed E-state index contributed by atoms with van der Waals surface area (Å²) < 4.78 is 43.4. The van der Waals surface area contributed by atoms with Crippen LogP contribution in [0.1, 0.15) is 64.2 Å². The Labute approximate surface area is 185 Å². The van der Waals surface area contributed by atoms with Gasteiger partial charge in [0.05, 0.1) is 17.1 Å². The minimum absolute atomic E-state index is 0.186. The molecule has 1 aliphatic carbocycles. The Kier molecular flexibility index (Phi) is 6.44. The lowest BCUT2D eigenvalue weighted by molar-refractivity contribution is -0.268. The summed E-state index contributed by atoms with van der Waals surface area (Å²) in [6.07, 6.45) is 4.93. The van der Waals surface area contributed by atoms with Gasteiger partial charge in [-0.1, -0.05) is 56.5 Å². The van der Waals surface area contributed by atoms with Crippen molar-refractivity contribution in [1.82, 2.24) is 4.98 Å². The maximum Gasteiger partial charge on any atom is 0.439 e. The predicted octanol–water partition coefficient (Wildman–Crippen LogP) is 6.85. The van der Waals surface area contributed by atoms with Gasteiger partial charge in [-0.2, -0.15) is 18.3 Å². The zero-order chi connectivity index (χ0) is 22.1. The third kappa shape index (κ3) is 4.27. The molecule has 1 N–H and O–H groups in total. The lowest BCUT2D eigenvalue weighted by Crippen LogP contribution is -2.60. The van der Waals surface area contributed by atoms with Crippen LogP contribution in [0.4, 0.5) is 18.9 Å². The molecular formula is C23H27ClF3N3O. The van der Waals surface area contributed by atoms with Crippen molar-refractivity contribution < 1.29 is 18.3 Å². The molecule has 0 saturated heterocycles. The Morgan fingerprint density at radius 1 is 1.00 bits per heavy atom. The van der Waals surface area contributed by atoms with Crippen molar-refractivity contribution in [2.24, 2.45) is 11.0 Å². The molecule has 2 aromatic rings. The van der Waals surface area contributed by atoms with Crippen LogP contribution in [0.2, 0.25) is 5.02 Å². The van der Waals surface area contributed by atoms with Gasteiger partial charge in [-0.05, 0) is 43.5 Å². The van der Waals surface area contributed by atoms with Gasteiger partial charge < -0.3 is 5.11 Å². The van der Waals surface area contributed by atoms with Crippen LogP contribution in [0, 0.1) is 5.92 Å². The van der Waals surface area contributed by atoms with Gasteiger partial charge >= 0.3 is 6.18 Å². The molecule has 0 bridgehead atoms. The van der Waals surface area contributed by atoms with Crippen molar-refractivity contribution in [3.8, 4) is 0 Å². The Balaban J connectivity index is 1.80. The molecule has 4 nitrogen and oxygen atoms in total. The van der Waals surface area contributed by atoms with Gasteiger partial charge in [0, 0.05) is 22.3 Å². The first-order chi connectivity index (χ1) is 14.8. The van der Waals surface area contributed by atoms with E-state index in [9.17, 15) is 18.3 Å². The number of halogens is 4. The Morgan fingerprint density at radius 3 is 2.39 bits per heavy atom. The van der Waals surface area contributed by atoms with Crippen LogP contribution in [0.15, 0.2) is 35.6 Å². The molecule has 1 aromatic carbocycles. The van der Waals surface area contributed by atoms with Gasteiger partial charge in [0.15, 0.2) is 0 Å². The fraction of sp³-hybridized carbons (Fsp3) is 0.565. The average molecular weight is 454 g/mol. The zero-order valence-corrected chi connectivity index (χ0v) is 18.1. The number of aliphatic hydroxyl groups is 1. The van der Waals surface area contributed by atoms with E-state index >= 15 is 0 Å². The molecule has 2 unspecified atom stereocenters. The number of benzene rings is 1. The number of aromatic nitrogens is 1. The normalized spacial score (nSPS) is 26.2. The quantitative estimate of drug-likeness (QED) is 0.513. The summed E-state index contributed by atoms with van der Waals surface area (Å²) in [6, 6.07) is 6.31. The zero-order valence-electron chi connectivity index (χ0n) is 17.3. The van der Waals surface area contributed by atoms with E-state index in [1.54, 1.807) is 18.2 Å². The van der Waals surface area contributed by atoms with E-state index in [0.717, 1.165) is 43.5 Å². The van der Waals surface area contributed by atoms with Crippen molar-refractivity contribution in [2.45, 2.75) is 76.1 Å². The second-order valence-corrected chi connectivity index (χ2v) is 8.97. The molecule has 0 radical (unpaired) electrons. The smallest absolute Gasteiger partial charge is 0.362 e. The molecule has 1 saturated carbocycles. The fourth-order valence-electron chi connectivity index (χ4n) is 4.81. The summed E-state index contributed by atoms with van der Waals surface area (Å²) >= 11 is 6.04. The van der Waals surface area contributed by atoms with Crippen LogP contribution in [0.25, 0.3) is 10.9 Å². The van der Waals surface area contributed by atoms with E-state index in [1.807, 2.05) is 0 Å². The summed E-state index contributed by atoms with van der Waals surface area (Å²) in [7, 11) is 0. The second-order valence-electron chi connectivity index (χ2n) is 8.54. The highest BCUT2D eigenvalue weighted by atomic mass is 35.5. The van der Waals surface area contributed by atoms with Crippen molar-refractivity contribution >= 4 is 33.9 Å². The van der Waals surface area contributed by atoms with Crippen LogP contribution in [-0.4, -0.2) is 27.7 Å². The largest absolute Gasteiger partial charge is 0.439 e. The molecule has 1 aliphatic heterocycles. The number of hydrogen-bond acceptors (Lipinski definition) is 4. The highest BCUT2D eigenvalue weighted by molar-refractivity contribution is 6.31. The molecule has 31 heavy (non-hydrogen) atoms. The Bertz CT molecular complexity index is 965. The summed E-state index contributed by atoms with van der Waals surface area (Å²) in [5, 5.41) is 17.4. The molecule has 0 spiro atoms. The second kappa shape index (κ2) is 8.94. The third-order valence-corrected chi connectivity index (χ3v) is 6.68. The van der Waals surface area contributed by atoms with Crippen LogP contribution >= 0.6 is 11.6 Å². The molecule has 2 aliphatic rings. The number of nitrogens with zero attached hydrogens (tertiary/aromatic N) is 3. The molecule has 2 atom stereocenters. The third-order valence-electron chi connectivity index (χ3n) is 6.44. The first kappa shape index (κ1) is 22.3. The molecule has 2 heterocycles. The van der Waals surface area contributed by atoms with Crippen molar-refractivity contribution in [2.75, 3.05) is 5.01 Å². The fourth-order valence-corrected chi connectivity index (χ4v) is 4.97. The van der Waals surface area contributed by atoms with Crippen molar-refractivity contribution in [3.63, 3.8) is 0 Å². The van der Waals surface area contributed by atoms with Crippen molar-refractivity contribution in [3.05, 3.63) is 35.5 Å². The summed E-state index contributed by atoms with van der Waals surface area (Å²) in [5.41, 5.74) is -1.99. The molecule has 168 valence electrons. The summed E-state index contributed by atoms with van der Waals surface area (Å²) in [5.74, 6) is -1.08. The standard InChI is InChI=1S/C23H27ClF3N3O/c24-16-11-12-17-20(15-16)28-14-13-21(17)30-22(31,23(25,26)27)18-9-7-5-3-1-2-4-6-8-10-19(18)29-30/h11-15,18,31H,1-10H2. The number of alkyl halides is 3. The minimum Gasteiger partial charge on any atom is -0.362 e. The molecule has 1 fully saturated rings. The molecular weight excluding hydrogens is 427 g/mol. The Morgan fingerprint density at radius 2 is 1.68 bits per heavy atom. The predicted molar refractivity (Wildman–Crippen MR) is 117 cm³/mol. The molecule has 1 aromatic heterocycles. The molecule has 8 heteroatoms. The van der Waals surface area contributed by atoms with Gasteiger partial charge in [-0.15, -0.1) is 0 Å². The van der Waals surface area contributed by atoms with Gasteiger partial charge in [0.1, 0.15) is 0 Å². The maximum absolute atomic E-state index is 14.5. The van der Waals surface area contributed by atoms with Crippen LogP contribution in [-0.2, 0) is 0 Å². The van der Waals surface area contributed by atoms with E-state index in [4.69, 9.17) is 11.6 Å². The van der Waals surface area contributed by atoms with Crippen LogP contribution in [0.3, 0.4) is 0 Å². The number of rotatable bonds is 1. The maximum atomic E-state index is 14.5. The highest BCUT2D eigenvalue weighted by Gasteiger charge is 2.66. The van der Waals surface area contributed by atoms with Crippen LogP contribution < -0.4 is 5.01 Å². The topological polar surface area (TPSA) is 48.7 Å².